The molecule has 2 N–H and O–H groups in total. The minimum absolute atomic E-state index is 0.111. The SMILES string of the molecule is C/C(=N\NC(=O)c1ccco1)c1cc2ccc(=O)oc2cc1O. The number of furan rings is 1. The Hall–Kier alpha value is -3.35. The average molecular weight is 312 g/mol. The normalized spacial score (nSPS) is 11.6. The van der Waals surface area contributed by atoms with Gasteiger partial charge in [-0.3, -0.25) is 4.79 Å². The third-order valence-corrected chi connectivity index (χ3v) is 3.20. The molecule has 1 amide bonds. The molecule has 0 saturated heterocycles. The molecule has 0 spiro atoms. The Kier molecular flexibility index (Phi) is 3.68. The summed E-state index contributed by atoms with van der Waals surface area (Å²) in [6, 6.07) is 8.92. The van der Waals surface area contributed by atoms with Crippen molar-refractivity contribution in [3.8, 4) is 5.75 Å². The number of benzene rings is 1. The van der Waals surface area contributed by atoms with E-state index in [1.54, 1.807) is 25.1 Å². The molecule has 0 atom stereocenters. The minimum Gasteiger partial charge on any atom is -0.507 e. The van der Waals surface area contributed by atoms with E-state index in [0.29, 0.717) is 16.7 Å². The maximum Gasteiger partial charge on any atom is 0.336 e. The van der Waals surface area contributed by atoms with E-state index in [1.807, 2.05) is 0 Å². The lowest BCUT2D eigenvalue weighted by atomic mass is 10.1. The zero-order chi connectivity index (χ0) is 16.4. The second-order valence-corrected chi connectivity index (χ2v) is 4.78. The summed E-state index contributed by atoms with van der Waals surface area (Å²) in [6.45, 7) is 1.63. The van der Waals surface area contributed by atoms with Gasteiger partial charge in [0, 0.05) is 23.1 Å². The third kappa shape index (κ3) is 2.98. The van der Waals surface area contributed by atoms with Gasteiger partial charge in [0.05, 0.1) is 12.0 Å². The minimum atomic E-state index is -0.499. The number of rotatable bonds is 3. The van der Waals surface area contributed by atoms with Gasteiger partial charge in [-0.2, -0.15) is 5.10 Å². The molecule has 23 heavy (non-hydrogen) atoms. The molecule has 0 saturated carbocycles. The Morgan fingerprint density at radius 1 is 1.26 bits per heavy atom. The molecule has 7 heteroatoms. The number of nitrogens with one attached hydrogen (secondary N) is 1. The molecule has 2 heterocycles. The molecule has 0 unspecified atom stereocenters. The van der Waals surface area contributed by atoms with Crippen LogP contribution in [0.5, 0.6) is 5.75 Å². The third-order valence-electron chi connectivity index (χ3n) is 3.20. The lowest BCUT2D eigenvalue weighted by molar-refractivity contribution is 0.0927. The van der Waals surface area contributed by atoms with E-state index in [2.05, 4.69) is 10.5 Å². The van der Waals surface area contributed by atoms with Gasteiger partial charge in [0.25, 0.3) is 0 Å². The van der Waals surface area contributed by atoms with Crippen LogP contribution in [-0.2, 0) is 0 Å². The number of phenolic OH excluding ortho intramolecular Hbond substituents is 1. The fourth-order valence-corrected chi connectivity index (χ4v) is 2.05. The molecule has 0 aliphatic heterocycles. The van der Waals surface area contributed by atoms with Crippen LogP contribution < -0.4 is 11.1 Å². The van der Waals surface area contributed by atoms with Crippen LogP contribution in [0.25, 0.3) is 11.0 Å². The summed E-state index contributed by atoms with van der Waals surface area (Å²) in [6.07, 6.45) is 1.38. The van der Waals surface area contributed by atoms with E-state index in [1.165, 1.54) is 24.5 Å². The first-order valence-electron chi connectivity index (χ1n) is 6.70. The van der Waals surface area contributed by atoms with Gasteiger partial charge in [-0.05, 0) is 31.2 Å². The Morgan fingerprint density at radius 3 is 2.83 bits per heavy atom. The van der Waals surface area contributed by atoms with Crippen LogP contribution >= 0.6 is 0 Å². The predicted octanol–water partition coefficient (Wildman–Crippen LogP) is 2.25. The van der Waals surface area contributed by atoms with Crippen LogP contribution in [0.4, 0.5) is 0 Å². The number of hydrazone groups is 1. The zero-order valence-electron chi connectivity index (χ0n) is 12.1. The lowest BCUT2D eigenvalue weighted by Crippen LogP contribution is -2.18. The molecule has 7 nitrogen and oxygen atoms in total. The summed E-state index contributed by atoms with van der Waals surface area (Å²) in [7, 11) is 0. The number of hydrogen-bond acceptors (Lipinski definition) is 6. The number of phenols is 1. The molecule has 0 bridgehead atoms. The van der Waals surface area contributed by atoms with Crippen molar-refractivity contribution in [3.63, 3.8) is 0 Å². The monoisotopic (exact) mass is 312 g/mol. The van der Waals surface area contributed by atoms with Crippen molar-refractivity contribution < 1.29 is 18.7 Å². The molecule has 116 valence electrons. The van der Waals surface area contributed by atoms with Gasteiger partial charge in [-0.1, -0.05) is 0 Å². The van der Waals surface area contributed by atoms with Gasteiger partial charge >= 0.3 is 11.5 Å². The molecule has 2 aromatic heterocycles. The van der Waals surface area contributed by atoms with Crippen molar-refractivity contribution >= 4 is 22.6 Å². The van der Waals surface area contributed by atoms with E-state index >= 15 is 0 Å². The first-order chi connectivity index (χ1) is 11.0. The highest BCUT2D eigenvalue weighted by atomic mass is 16.4. The Bertz CT molecular complexity index is 954. The Morgan fingerprint density at radius 2 is 2.09 bits per heavy atom. The number of carbonyl (C=O) groups excluding carboxylic acids is 1. The van der Waals surface area contributed by atoms with E-state index < -0.39 is 11.5 Å². The summed E-state index contributed by atoms with van der Waals surface area (Å²) >= 11 is 0. The highest BCUT2D eigenvalue weighted by Gasteiger charge is 2.11. The number of aromatic hydroxyl groups is 1. The van der Waals surface area contributed by atoms with Gasteiger partial charge in [0.1, 0.15) is 11.3 Å². The Labute approximate surface area is 129 Å². The molecule has 0 fully saturated rings. The lowest BCUT2D eigenvalue weighted by Gasteiger charge is -2.06. The average Bonchev–Trinajstić information content (AvgIpc) is 3.06. The Balaban J connectivity index is 1.91. The maximum absolute atomic E-state index is 11.8. The number of hydrogen-bond donors (Lipinski definition) is 2. The maximum atomic E-state index is 11.8. The molecule has 3 aromatic rings. The summed E-state index contributed by atoms with van der Waals surface area (Å²) < 4.78 is 9.94. The van der Waals surface area contributed by atoms with Crippen LogP contribution in [0.15, 0.2) is 61.4 Å². The van der Waals surface area contributed by atoms with Crippen LogP contribution in [0, 0.1) is 0 Å². The molecular weight excluding hydrogens is 300 g/mol. The van der Waals surface area contributed by atoms with Crippen molar-refractivity contribution in [2.24, 2.45) is 5.10 Å². The first-order valence-corrected chi connectivity index (χ1v) is 6.70. The molecular formula is C16H12N2O5. The van der Waals surface area contributed by atoms with Gasteiger partial charge in [0.15, 0.2) is 5.76 Å². The second-order valence-electron chi connectivity index (χ2n) is 4.78. The van der Waals surface area contributed by atoms with Gasteiger partial charge in [-0.15, -0.1) is 0 Å². The van der Waals surface area contributed by atoms with Crippen molar-refractivity contribution in [1.82, 2.24) is 5.43 Å². The number of nitrogens with zero attached hydrogens (tertiary/aromatic N) is 1. The molecule has 0 aliphatic carbocycles. The first kappa shape index (κ1) is 14.6. The molecule has 0 radical (unpaired) electrons. The molecule has 0 aliphatic rings. The van der Waals surface area contributed by atoms with E-state index in [-0.39, 0.29) is 17.1 Å². The quantitative estimate of drug-likeness (QED) is 0.438. The number of amides is 1. The molecule has 1 aromatic carbocycles. The van der Waals surface area contributed by atoms with Crippen molar-refractivity contribution in [1.29, 1.82) is 0 Å². The fraction of sp³-hybridized carbons (Fsp3) is 0.0625. The predicted molar refractivity (Wildman–Crippen MR) is 82.5 cm³/mol. The summed E-state index contributed by atoms with van der Waals surface area (Å²) in [5.41, 5.74) is 2.90. The summed E-state index contributed by atoms with van der Waals surface area (Å²) in [5, 5.41) is 14.6. The molecule has 3 rings (SSSR count). The zero-order valence-corrected chi connectivity index (χ0v) is 12.1. The fourth-order valence-electron chi connectivity index (χ4n) is 2.05. The van der Waals surface area contributed by atoms with Gasteiger partial charge < -0.3 is 13.9 Å². The van der Waals surface area contributed by atoms with Crippen molar-refractivity contribution in [2.45, 2.75) is 6.92 Å². The summed E-state index contributed by atoms with van der Waals surface area (Å²) in [4.78, 5) is 22.9. The summed E-state index contributed by atoms with van der Waals surface area (Å²) in [5.74, 6) is -0.480. The standard InChI is InChI=1S/C16H12N2O5/c1-9(17-18-16(21)13-3-2-6-22-13)11-7-10-4-5-15(20)23-14(10)8-12(11)19/h2-8,19H,1H3,(H,18,21)/b17-9+. The van der Waals surface area contributed by atoms with E-state index in [0.717, 1.165) is 0 Å². The van der Waals surface area contributed by atoms with Gasteiger partial charge in [-0.25, -0.2) is 10.2 Å². The largest absolute Gasteiger partial charge is 0.507 e. The van der Waals surface area contributed by atoms with Crippen molar-refractivity contribution in [2.75, 3.05) is 0 Å². The smallest absolute Gasteiger partial charge is 0.336 e. The van der Waals surface area contributed by atoms with Crippen LogP contribution in [-0.4, -0.2) is 16.7 Å². The highest BCUT2D eigenvalue weighted by molar-refractivity contribution is 6.04. The van der Waals surface area contributed by atoms with Crippen molar-refractivity contribution in [3.05, 3.63) is 64.4 Å². The van der Waals surface area contributed by atoms with Crippen LogP contribution in [0.2, 0.25) is 0 Å². The van der Waals surface area contributed by atoms with Crippen LogP contribution in [0.3, 0.4) is 0 Å². The van der Waals surface area contributed by atoms with E-state index in [9.17, 15) is 14.7 Å². The highest BCUT2D eigenvalue weighted by Crippen LogP contribution is 2.24. The number of carbonyl (C=O) groups is 1. The van der Waals surface area contributed by atoms with Crippen LogP contribution in [0.1, 0.15) is 23.0 Å². The number of fused-ring (bicyclic) bond motifs is 1. The van der Waals surface area contributed by atoms with E-state index in [4.69, 9.17) is 8.83 Å². The topological polar surface area (TPSA) is 105 Å². The second kappa shape index (κ2) is 5.80. The van der Waals surface area contributed by atoms with Gasteiger partial charge in [0.2, 0.25) is 0 Å².